The summed E-state index contributed by atoms with van der Waals surface area (Å²) in [7, 11) is 0. The predicted octanol–water partition coefficient (Wildman–Crippen LogP) is 3.25. The maximum Gasteiger partial charge on any atom is 0.221 e. The van der Waals surface area contributed by atoms with Crippen LogP contribution in [0.15, 0.2) is 17.6 Å². The molecule has 1 amide bonds. The van der Waals surface area contributed by atoms with Crippen molar-refractivity contribution in [3.05, 3.63) is 17.6 Å². The Balaban J connectivity index is 2.10. The second kappa shape index (κ2) is 5.17. The molecule has 1 saturated heterocycles. The van der Waals surface area contributed by atoms with E-state index in [0.29, 0.717) is 0 Å². The van der Waals surface area contributed by atoms with Gasteiger partial charge in [0.1, 0.15) is 4.83 Å². The monoisotopic (exact) mass is 275 g/mol. The summed E-state index contributed by atoms with van der Waals surface area (Å²) in [6.07, 6.45) is 5.51. The Hall–Kier alpha value is -1.62. The highest BCUT2D eigenvalue weighted by Crippen LogP contribution is 2.37. The van der Waals surface area contributed by atoms with Crippen molar-refractivity contribution >= 4 is 38.8 Å². The van der Waals surface area contributed by atoms with E-state index in [1.807, 2.05) is 0 Å². The maximum absolute atomic E-state index is 11.4. The fourth-order valence-corrected chi connectivity index (χ4v) is 3.39. The van der Waals surface area contributed by atoms with Gasteiger partial charge in [0.25, 0.3) is 0 Å². The first-order valence-corrected chi connectivity index (χ1v) is 7.52. The molecule has 0 spiro atoms. The van der Waals surface area contributed by atoms with Crippen molar-refractivity contribution in [3.63, 3.8) is 0 Å². The van der Waals surface area contributed by atoms with Crippen LogP contribution in [0.3, 0.4) is 0 Å². The number of fused-ring (bicyclic) bond motifs is 1. The van der Waals surface area contributed by atoms with Crippen LogP contribution in [0.4, 0.5) is 11.4 Å². The Kier molecular flexibility index (Phi) is 3.38. The average Bonchev–Trinajstić information content (AvgIpc) is 2.87. The fraction of sp³-hybridized carbons (Fsp3) is 0.429. The van der Waals surface area contributed by atoms with E-state index < -0.39 is 0 Å². The Bertz CT molecular complexity index is 602. The third kappa shape index (κ3) is 2.42. The molecule has 4 nitrogen and oxygen atoms in total. The summed E-state index contributed by atoms with van der Waals surface area (Å²) >= 11 is 1.64. The zero-order valence-electron chi connectivity index (χ0n) is 11.0. The van der Waals surface area contributed by atoms with Crippen LogP contribution in [0, 0.1) is 0 Å². The van der Waals surface area contributed by atoms with Gasteiger partial charge in [0, 0.05) is 25.4 Å². The Morgan fingerprint density at radius 2 is 2.16 bits per heavy atom. The van der Waals surface area contributed by atoms with E-state index in [-0.39, 0.29) is 5.91 Å². The smallest absolute Gasteiger partial charge is 0.221 e. The molecule has 0 aliphatic carbocycles. The lowest BCUT2D eigenvalue weighted by atomic mass is 10.1. The number of aromatic nitrogens is 1. The molecule has 3 heterocycles. The second-order valence-corrected chi connectivity index (χ2v) is 5.78. The minimum absolute atomic E-state index is 0.0466. The molecular weight excluding hydrogens is 258 g/mol. The number of amides is 1. The third-order valence-electron chi connectivity index (χ3n) is 3.45. The second-order valence-electron chi connectivity index (χ2n) is 4.89. The number of carbonyl (C=O) groups is 1. The van der Waals surface area contributed by atoms with Gasteiger partial charge in [-0.05, 0) is 30.7 Å². The van der Waals surface area contributed by atoms with Gasteiger partial charge >= 0.3 is 0 Å². The lowest BCUT2D eigenvalue weighted by Crippen LogP contribution is -2.30. The fourth-order valence-electron chi connectivity index (χ4n) is 2.65. The van der Waals surface area contributed by atoms with Gasteiger partial charge in [-0.2, -0.15) is 0 Å². The number of nitrogens with zero attached hydrogens (tertiary/aromatic N) is 2. The summed E-state index contributed by atoms with van der Waals surface area (Å²) in [6, 6.07) is 2.10. The summed E-state index contributed by atoms with van der Waals surface area (Å²) < 4.78 is 0. The minimum atomic E-state index is -0.0466. The molecule has 100 valence electrons. The van der Waals surface area contributed by atoms with E-state index in [0.717, 1.165) is 34.7 Å². The van der Waals surface area contributed by atoms with Crippen molar-refractivity contribution in [2.45, 2.75) is 26.2 Å². The molecule has 3 rings (SSSR count). The summed E-state index contributed by atoms with van der Waals surface area (Å²) in [4.78, 5) is 19.2. The average molecular weight is 275 g/mol. The number of rotatable bonds is 2. The minimum Gasteiger partial charge on any atom is -0.369 e. The summed E-state index contributed by atoms with van der Waals surface area (Å²) in [5.74, 6) is -0.0466. The standard InChI is InChI=1S/C14H17N3OS/c1-10(18)16-12-9-15-14-11(5-8-19-14)13(12)17-6-3-2-4-7-17/h5,8-9H,2-4,6-7H2,1H3,(H,16,18). The van der Waals surface area contributed by atoms with E-state index >= 15 is 0 Å². The first-order chi connectivity index (χ1) is 9.25. The number of anilines is 2. The van der Waals surface area contributed by atoms with Gasteiger partial charge in [-0.25, -0.2) is 4.98 Å². The molecule has 19 heavy (non-hydrogen) atoms. The van der Waals surface area contributed by atoms with E-state index in [2.05, 4.69) is 26.6 Å². The van der Waals surface area contributed by atoms with E-state index in [1.54, 1.807) is 17.5 Å². The molecular formula is C14H17N3OS. The summed E-state index contributed by atoms with van der Waals surface area (Å²) in [5, 5.41) is 6.12. The van der Waals surface area contributed by atoms with Gasteiger partial charge in [-0.1, -0.05) is 0 Å². The largest absolute Gasteiger partial charge is 0.369 e. The van der Waals surface area contributed by atoms with E-state index in [4.69, 9.17) is 0 Å². The van der Waals surface area contributed by atoms with Gasteiger partial charge in [-0.15, -0.1) is 11.3 Å². The number of pyridine rings is 1. The van der Waals surface area contributed by atoms with Crippen molar-refractivity contribution in [1.29, 1.82) is 0 Å². The molecule has 1 aliphatic rings. The van der Waals surface area contributed by atoms with E-state index in [9.17, 15) is 4.79 Å². The highest BCUT2D eigenvalue weighted by Gasteiger charge is 2.19. The number of nitrogens with one attached hydrogen (secondary N) is 1. The number of hydrogen-bond donors (Lipinski definition) is 1. The van der Waals surface area contributed by atoms with Gasteiger partial charge in [0.05, 0.1) is 17.6 Å². The molecule has 1 aliphatic heterocycles. The highest BCUT2D eigenvalue weighted by molar-refractivity contribution is 7.16. The zero-order valence-corrected chi connectivity index (χ0v) is 11.8. The first kappa shape index (κ1) is 12.4. The van der Waals surface area contributed by atoms with Crippen LogP contribution >= 0.6 is 11.3 Å². The highest BCUT2D eigenvalue weighted by atomic mass is 32.1. The van der Waals surface area contributed by atoms with Gasteiger partial charge in [-0.3, -0.25) is 4.79 Å². The van der Waals surface area contributed by atoms with Crippen molar-refractivity contribution < 1.29 is 4.79 Å². The molecule has 2 aromatic rings. The number of piperidine rings is 1. The van der Waals surface area contributed by atoms with Crippen LogP contribution < -0.4 is 10.2 Å². The molecule has 0 bridgehead atoms. The van der Waals surface area contributed by atoms with Crippen molar-refractivity contribution in [2.24, 2.45) is 0 Å². The number of carbonyl (C=O) groups excluding carboxylic acids is 1. The van der Waals surface area contributed by atoms with Crippen LogP contribution in [0.5, 0.6) is 0 Å². The molecule has 5 heteroatoms. The number of thiophene rings is 1. The molecule has 0 unspecified atom stereocenters. The topological polar surface area (TPSA) is 45.2 Å². The lowest BCUT2D eigenvalue weighted by Gasteiger charge is -2.31. The number of hydrogen-bond acceptors (Lipinski definition) is 4. The molecule has 2 aromatic heterocycles. The van der Waals surface area contributed by atoms with Crippen LogP contribution in [0.25, 0.3) is 10.2 Å². The van der Waals surface area contributed by atoms with Crippen LogP contribution in [-0.2, 0) is 4.79 Å². The molecule has 0 atom stereocenters. The first-order valence-electron chi connectivity index (χ1n) is 6.64. The Labute approximate surface area is 116 Å². The Morgan fingerprint density at radius 1 is 1.37 bits per heavy atom. The quantitative estimate of drug-likeness (QED) is 0.915. The Morgan fingerprint density at radius 3 is 2.89 bits per heavy atom. The molecule has 1 fully saturated rings. The lowest BCUT2D eigenvalue weighted by molar-refractivity contribution is -0.114. The van der Waals surface area contributed by atoms with Crippen molar-refractivity contribution in [1.82, 2.24) is 4.98 Å². The van der Waals surface area contributed by atoms with Gasteiger partial charge < -0.3 is 10.2 Å². The van der Waals surface area contributed by atoms with Gasteiger partial charge in [0.2, 0.25) is 5.91 Å². The van der Waals surface area contributed by atoms with Crippen LogP contribution in [-0.4, -0.2) is 24.0 Å². The van der Waals surface area contributed by atoms with Gasteiger partial charge in [0.15, 0.2) is 0 Å². The van der Waals surface area contributed by atoms with Crippen molar-refractivity contribution in [2.75, 3.05) is 23.3 Å². The van der Waals surface area contributed by atoms with E-state index in [1.165, 1.54) is 26.2 Å². The van der Waals surface area contributed by atoms with Crippen LogP contribution in [0.2, 0.25) is 0 Å². The zero-order chi connectivity index (χ0) is 13.2. The predicted molar refractivity (Wildman–Crippen MR) is 80.0 cm³/mol. The maximum atomic E-state index is 11.4. The molecule has 0 aromatic carbocycles. The molecule has 1 N–H and O–H groups in total. The summed E-state index contributed by atoms with van der Waals surface area (Å²) in [6.45, 7) is 3.65. The van der Waals surface area contributed by atoms with Crippen LogP contribution in [0.1, 0.15) is 26.2 Å². The molecule has 0 saturated carbocycles. The normalized spacial score (nSPS) is 15.7. The SMILES string of the molecule is CC(=O)Nc1cnc2sccc2c1N1CCCCC1. The van der Waals surface area contributed by atoms with Crippen molar-refractivity contribution in [3.8, 4) is 0 Å². The molecule has 0 radical (unpaired) electrons. The third-order valence-corrected chi connectivity index (χ3v) is 4.27. The summed E-state index contributed by atoms with van der Waals surface area (Å²) in [5.41, 5.74) is 1.97.